The van der Waals surface area contributed by atoms with E-state index in [0.717, 1.165) is 61.6 Å². The number of allylic oxidation sites excluding steroid dienone is 2. The standard InChI is InChI=1S/C31H32N.C13H24O2.Ir/c1-20(2)14-21-10-13-26-23(15-21)11-12-24-19-32-30(18-28(24)26)25-16-22-8-6-7-9-27(22)29(17-25)31(3,4)5;1-5-10(6-2)12(14)9-13(15)11(7-3)8-4;/h6-10,13,15,17-20H,11-12,14H2,1-5H3;9-11,14H,5-8H2,1-4H3;/q-1;;/b;12-9-;. The quantitative estimate of drug-likeness (QED) is 0.0985. The number of ketones is 1. The van der Waals surface area contributed by atoms with Crippen LogP contribution < -0.4 is 0 Å². The van der Waals surface area contributed by atoms with Crippen LogP contribution in [-0.4, -0.2) is 15.9 Å². The van der Waals surface area contributed by atoms with E-state index in [4.69, 9.17) is 4.98 Å². The number of fused-ring (bicyclic) bond motifs is 4. The minimum Gasteiger partial charge on any atom is -0.512 e. The van der Waals surface area contributed by atoms with Gasteiger partial charge < -0.3 is 5.11 Å². The number of nitrogens with zero attached hydrogens (tertiary/aromatic N) is 1. The number of rotatable bonds is 10. The summed E-state index contributed by atoms with van der Waals surface area (Å²) in [5.74, 6) is 1.23. The Bertz CT molecular complexity index is 1700. The molecular weight excluding hydrogens is 767 g/mol. The Morgan fingerprint density at radius 2 is 1.52 bits per heavy atom. The fraction of sp³-hybridized carbons (Fsp3) is 0.455. The van der Waals surface area contributed by atoms with Crippen LogP contribution in [0.2, 0.25) is 0 Å². The first-order valence-corrected chi connectivity index (χ1v) is 17.9. The first kappa shape index (κ1) is 39.4. The fourth-order valence-corrected chi connectivity index (χ4v) is 6.83. The van der Waals surface area contributed by atoms with Crippen LogP contribution in [0.3, 0.4) is 0 Å². The van der Waals surface area contributed by atoms with Crippen molar-refractivity contribution in [1.82, 2.24) is 4.98 Å². The Hall–Kier alpha value is -3.07. The average molecular weight is 823 g/mol. The molecule has 1 aliphatic carbocycles. The maximum absolute atomic E-state index is 11.7. The molecular formula is C44H56IrNO2-. The van der Waals surface area contributed by atoms with Crippen molar-refractivity contribution in [2.75, 3.05) is 0 Å². The molecule has 1 heterocycles. The molecule has 3 aromatic carbocycles. The first-order valence-electron chi connectivity index (χ1n) is 17.9. The molecule has 0 bridgehead atoms. The summed E-state index contributed by atoms with van der Waals surface area (Å²) in [5.41, 5.74) is 10.5. The molecule has 4 aromatic rings. The molecule has 3 nitrogen and oxygen atoms in total. The van der Waals surface area contributed by atoms with Gasteiger partial charge in [0.05, 0.1) is 5.76 Å². The van der Waals surface area contributed by atoms with Gasteiger partial charge in [0, 0.05) is 49.9 Å². The molecule has 1 aromatic heterocycles. The van der Waals surface area contributed by atoms with Gasteiger partial charge in [-0.05, 0) is 84.1 Å². The summed E-state index contributed by atoms with van der Waals surface area (Å²) in [4.78, 5) is 16.6. The Morgan fingerprint density at radius 3 is 2.15 bits per heavy atom. The molecule has 0 saturated carbocycles. The van der Waals surface area contributed by atoms with E-state index in [0.29, 0.717) is 5.92 Å². The third-order valence-corrected chi connectivity index (χ3v) is 9.70. The number of benzene rings is 3. The maximum Gasteiger partial charge on any atom is 0.162 e. The van der Waals surface area contributed by atoms with Crippen molar-refractivity contribution in [3.05, 3.63) is 101 Å². The zero-order valence-corrected chi connectivity index (χ0v) is 33.1. The Morgan fingerprint density at radius 1 is 0.875 bits per heavy atom. The summed E-state index contributed by atoms with van der Waals surface area (Å²) in [7, 11) is 0. The summed E-state index contributed by atoms with van der Waals surface area (Å²) < 4.78 is 0. The van der Waals surface area contributed by atoms with E-state index in [1.54, 1.807) is 0 Å². The molecule has 1 N–H and O–H groups in total. The van der Waals surface area contributed by atoms with Gasteiger partial charge in [0.1, 0.15) is 0 Å². The van der Waals surface area contributed by atoms with Crippen molar-refractivity contribution in [3.8, 4) is 22.4 Å². The van der Waals surface area contributed by atoms with Crippen molar-refractivity contribution in [1.29, 1.82) is 0 Å². The topological polar surface area (TPSA) is 50.2 Å². The molecule has 0 amide bonds. The number of aliphatic hydroxyl groups excluding tert-OH is 1. The number of hydrogen-bond donors (Lipinski definition) is 1. The minimum absolute atomic E-state index is 0. The van der Waals surface area contributed by atoms with Crippen LogP contribution in [0.5, 0.6) is 0 Å². The molecule has 0 fully saturated rings. The van der Waals surface area contributed by atoms with Crippen molar-refractivity contribution < 1.29 is 30.0 Å². The predicted molar refractivity (Wildman–Crippen MR) is 200 cm³/mol. The number of carbonyl (C=O) groups is 1. The van der Waals surface area contributed by atoms with Crippen LogP contribution in [0.4, 0.5) is 0 Å². The summed E-state index contributed by atoms with van der Waals surface area (Å²) in [6.45, 7) is 19.5. The van der Waals surface area contributed by atoms with Gasteiger partial charge in [-0.3, -0.25) is 9.78 Å². The van der Waals surface area contributed by atoms with E-state index in [2.05, 4.69) is 101 Å². The van der Waals surface area contributed by atoms with Gasteiger partial charge in [0.15, 0.2) is 5.78 Å². The maximum atomic E-state index is 11.7. The van der Waals surface area contributed by atoms with Gasteiger partial charge in [0.2, 0.25) is 0 Å². The van der Waals surface area contributed by atoms with Crippen LogP contribution in [0.15, 0.2) is 72.6 Å². The van der Waals surface area contributed by atoms with Gasteiger partial charge in [-0.1, -0.05) is 116 Å². The fourth-order valence-electron chi connectivity index (χ4n) is 6.83. The molecule has 1 aliphatic rings. The molecule has 48 heavy (non-hydrogen) atoms. The van der Waals surface area contributed by atoms with E-state index in [9.17, 15) is 9.90 Å². The Labute approximate surface area is 304 Å². The van der Waals surface area contributed by atoms with Gasteiger partial charge in [-0.2, -0.15) is 0 Å². The van der Waals surface area contributed by atoms with Crippen LogP contribution in [0.1, 0.15) is 110 Å². The number of aryl methyl sites for hydroxylation is 2. The second kappa shape index (κ2) is 17.5. The molecule has 0 aliphatic heterocycles. The zero-order valence-electron chi connectivity index (χ0n) is 30.7. The minimum atomic E-state index is 0. The number of pyridine rings is 1. The SMILES string of the molecule is CC(C)Cc1ccc2c(c1)CCc1cnc(-c3[c-]c4ccccc4c(C(C)(C)C)c3)cc1-2.CCC(CC)C(=O)/C=C(\O)C(CC)CC.[Ir]. The first-order chi connectivity index (χ1) is 22.4. The smallest absolute Gasteiger partial charge is 0.162 e. The van der Waals surface area contributed by atoms with Gasteiger partial charge >= 0.3 is 0 Å². The van der Waals surface area contributed by atoms with Gasteiger partial charge in [-0.25, -0.2) is 0 Å². The van der Waals surface area contributed by atoms with E-state index < -0.39 is 0 Å². The van der Waals surface area contributed by atoms with E-state index in [1.807, 2.05) is 27.7 Å². The Balaban J connectivity index is 0.000000334. The molecule has 0 unspecified atom stereocenters. The third kappa shape index (κ3) is 9.54. The average Bonchev–Trinajstić information content (AvgIpc) is 3.04. The van der Waals surface area contributed by atoms with E-state index in [1.165, 1.54) is 44.8 Å². The Kier molecular flexibility index (Phi) is 14.4. The summed E-state index contributed by atoms with van der Waals surface area (Å²) in [5, 5.41) is 12.2. The molecule has 4 heteroatoms. The summed E-state index contributed by atoms with van der Waals surface area (Å²) >= 11 is 0. The van der Waals surface area contributed by atoms with Crippen LogP contribution >= 0.6 is 0 Å². The molecule has 5 rings (SSSR count). The third-order valence-electron chi connectivity index (χ3n) is 9.70. The number of aromatic nitrogens is 1. The normalized spacial score (nSPS) is 12.8. The number of hydrogen-bond acceptors (Lipinski definition) is 3. The second-order valence-corrected chi connectivity index (χ2v) is 14.7. The summed E-state index contributed by atoms with van der Waals surface area (Å²) in [6.07, 6.45) is 10.3. The van der Waals surface area contributed by atoms with E-state index in [-0.39, 0.29) is 48.9 Å². The number of carbonyl (C=O) groups excluding carboxylic acids is 1. The summed E-state index contributed by atoms with van der Waals surface area (Å²) in [6, 6.07) is 23.9. The molecule has 0 saturated heterocycles. The zero-order chi connectivity index (χ0) is 34.3. The van der Waals surface area contributed by atoms with Crippen molar-refractivity contribution in [2.24, 2.45) is 17.8 Å². The monoisotopic (exact) mass is 823 g/mol. The van der Waals surface area contributed by atoms with Crippen LogP contribution in [0, 0.1) is 23.8 Å². The molecule has 1 radical (unpaired) electrons. The van der Waals surface area contributed by atoms with Crippen molar-refractivity contribution in [2.45, 2.75) is 113 Å². The largest absolute Gasteiger partial charge is 0.512 e. The molecule has 0 spiro atoms. The molecule has 259 valence electrons. The second-order valence-electron chi connectivity index (χ2n) is 14.7. The van der Waals surface area contributed by atoms with Crippen LogP contribution in [-0.2, 0) is 49.6 Å². The van der Waals surface area contributed by atoms with Crippen molar-refractivity contribution >= 4 is 16.6 Å². The van der Waals surface area contributed by atoms with E-state index >= 15 is 0 Å². The predicted octanol–water partition coefficient (Wildman–Crippen LogP) is 11.8. The van der Waals surface area contributed by atoms with Crippen LogP contribution in [0.25, 0.3) is 33.2 Å². The number of aliphatic hydroxyl groups is 1. The molecule has 0 atom stereocenters. The van der Waals surface area contributed by atoms with Gasteiger partial charge in [0.25, 0.3) is 0 Å². The van der Waals surface area contributed by atoms with Crippen molar-refractivity contribution in [3.63, 3.8) is 0 Å². The van der Waals surface area contributed by atoms with Gasteiger partial charge in [-0.15, -0.1) is 29.1 Å².